The summed E-state index contributed by atoms with van der Waals surface area (Å²) >= 11 is 0. The number of benzene rings is 3. The first-order valence-electron chi connectivity index (χ1n) is 12.0. The highest BCUT2D eigenvalue weighted by atomic mass is 16.3. The lowest BCUT2D eigenvalue weighted by molar-refractivity contribution is -0.114. The minimum absolute atomic E-state index is 0.394. The van der Waals surface area contributed by atoms with Gasteiger partial charge in [0.2, 0.25) is 0 Å². The predicted octanol–water partition coefficient (Wildman–Crippen LogP) is 4.57. The van der Waals surface area contributed by atoms with Crippen molar-refractivity contribution >= 4 is 39.7 Å². The van der Waals surface area contributed by atoms with Crippen molar-refractivity contribution in [2.24, 2.45) is 0 Å². The molecule has 0 spiro atoms. The van der Waals surface area contributed by atoms with Crippen LogP contribution >= 0.6 is 0 Å². The zero-order chi connectivity index (χ0) is 24.6. The van der Waals surface area contributed by atoms with E-state index in [0.717, 1.165) is 48.4 Å². The van der Waals surface area contributed by atoms with Crippen LogP contribution in [0.4, 0.5) is 11.4 Å². The highest BCUT2D eigenvalue weighted by Gasteiger charge is 2.28. The molecule has 0 atom stereocenters. The number of para-hydroxylation sites is 1. The average molecular weight is 479 g/mol. The summed E-state index contributed by atoms with van der Waals surface area (Å²) in [7, 11) is 2.14. The molecule has 6 rings (SSSR count). The molecule has 0 saturated carbocycles. The summed E-state index contributed by atoms with van der Waals surface area (Å²) < 4.78 is 6.00. The van der Waals surface area contributed by atoms with E-state index in [4.69, 9.17) is 4.42 Å². The Bertz CT molecular complexity index is 1460. The summed E-state index contributed by atoms with van der Waals surface area (Å²) in [6.45, 7) is 4.11. The molecule has 1 saturated heterocycles. The molecule has 7 heteroatoms. The Kier molecular flexibility index (Phi) is 5.54. The van der Waals surface area contributed by atoms with E-state index in [1.165, 1.54) is 5.69 Å². The molecular formula is C29H26N4O3. The molecule has 7 nitrogen and oxygen atoms in total. The van der Waals surface area contributed by atoms with E-state index in [9.17, 15) is 9.59 Å². The minimum Gasteiger partial charge on any atom is -0.456 e. The first-order chi connectivity index (χ1) is 17.5. The number of imide groups is 1. The average Bonchev–Trinajstić information content (AvgIpc) is 3.34. The van der Waals surface area contributed by atoms with Crippen LogP contribution in [0.3, 0.4) is 0 Å². The van der Waals surface area contributed by atoms with Gasteiger partial charge in [-0.05, 0) is 55.6 Å². The van der Waals surface area contributed by atoms with Crippen LogP contribution in [0.25, 0.3) is 27.9 Å². The first kappa shape index (κ1) is 22.1. The normalized spacial score (nSPS) is 17.4. The van der Waals surface area contributed by atoms with Gasteiger partial charge in [0.25, 0.3) is 11.8 Å². The zero-order valence-corrected chi connectivity index (χ0v) is 20.0. The van der Waals surface area contributed by atoms with Crippen LogP contribution in [0.15, 0.2) is 83.4 Å². The molecule has 4 aromatic rings. The number of nitrogens with zero attached hydrogens (tertiary/aromatic N) is 2. The number of fused-ring (bicyclic) bond motifs is 2. The van der Waals surface area contributed by atoms with Gasteiger partial charge in [-0.15, -0.1) is 0 Å². The monoisotopic (exact) mass is 478 g/mol. The van der Waals surface area contributed by atoms with E-state index < -0.39 is 11.8 Å². The number of amides is 2. The molecule has 0 aliphatic carbocycles. The maximum atomic E-state index is 12.8. The summed E-state index contributed by atoms with van der Waals surface area (Å²) in [6, 6.07) is 23.3. The molecule has 0 radical (unpaired) electrons. The number of likely N-dealkylation sites (N-methyl/N-ethyl adjacent to an activating group) is 1. The van der Waals surface area contributed by atoms with Gasteiger partial charge >= 0.3 is 0 Å². The molecule has 1 fully saturated rings. The van der Waals surface area contributed by atoms with E-state index in [1.54, 1.807) is 12.3 Å². The molecule has 3 aromatic carbocycles. The molecule has 2 aliphatic rings. The summed E-state index contributed by atoms with van der Waals surface area (Å²) in [5, 5.41) is 6.67. The number of carbonyl (C=O) groups excluding carboxylic acids is 2. The standard InChI is InChI=1S/C29H26N4O3/c1-32-12-14-33(15-13-32)22-9-7-21(8-10-22)30-18-25-24-16-20(6-11-23(24)28(34)31-29(25)35)27-17-19-4-2-3-5-26(19)36-27/h2-11,16-18,30H,12-15H2,1H3,(H,31,34,35)/b25-18-. The number of piperazine rings is 1. The van der Waals surface area contributed by atoms with Crippen molar-refractivity contribution in [3.05, 3.63) is 90.1 Å². The second-order valence-electron chi connectivity index (χ2n) is 9.23. The highest BCUT2D eigenvalue weighted by molar-refractivity contribution is 6.31. The largest absolute Gasteiger partial charge is 0.456 e. The van der Waals surface area contributed by atoms with Gasteiger partial charge in [-0.2, -0.15) is 0 Å². The molecule has 2 N–H and O–H groups in total. The van der Waals surface area contributed by atoms with Gasteiger partial charge in [0, 0.05) is 65.8 Å². The predicted molar refractivity (Wildman–Crippen MR) is 142 cm³/mol. The third kappa shape index (κ3) is 4.14. The Hall–Kier alpha value is -4.36. The molecular weight excluding hydrogens is 452 g/mol. The quantitative estimate of drug-likeness (QED) is 0.330. The Morgan fingerprint density at radius 1 is 0.861 bits per heavy atom. The van der Waals surface area contributed by atoms with E-state index >= 15 is 0 Å². The summed E-state index contributed by atoms with van der Waals surface area (Å²) in [6.07, 6.45) is 1.66. The molecule has 3 heterocycles. The second kappa shape index (κ2) is 9.02. The summed E-state index contributed by atoms with van der Waals surface area (Å²) in [5.74, 6) is -0.153. The van der Waals surface area contributed by atoms with Crippen molar-refractivity contribution in [3.63, 3.8) is 0 Å². The maximum absolute atomic E-state index is 12.8. The van der Waals surface area contributed by atoms with Crippen molar-refractivity contribution in [2.75, 3.05) is 43.4 Å². The van der Waals surface area contributed by atoms with Gasteiger partial charge in [-0.3, -0.25) is 14.9 Å². The van der Waals surface area contributed by atoms with E-state index in [2.05, 4.69) is 39.6 Å². The molecule has 180 valence electrons. The highest BCUT2D eigenvalue weighted by Crippen LogP contribution is 2.33. The van der Waals surface area contributed by atoms with Gasteiger partial charge in [0.1, 0.15) is 11.3 Å². The van der Waals surface area contributed by atoms with Crippen LogP contribution in [0.2, 0.25) is 0 Å². The van der Waals surface area contributed by atoms with E-state index in [0.29, 0.717) is 22.5 Å². The smallest absolute Gasteiger partial charge is 0.260 e. The van der Waals surface area contributed by atoms with Gasteiger partial charge in [-0.25, -0.2) is 0 Å². The lowest BCUT2D eigenvalue weighted by atomic mass is 9.93. The summed E-state index contributed by atoms with van der Waals surface area (Å²) in [5.41, 5.74) is 5.05. The third-order valence-electron chi connectivity index (χ3n) is 6.85. The number of anilines is 2. The maximum Gasteiger partial charge on any atom is 0.260 e. The van der Waals surface area contributed by atoms with E-state index in [1.807, 2.05) is 54.6 Å². The van der Waals surface area contributed by atoms with Crippen molar-refractivity contribution in [1.29, 1.82) is 0 Å². The van der Waals surface area contributed by atoms with Crippen LogP contribution < -0.4 is 15.5 Å². The van der Waals surface area contributed by atoms with Gasteiger partial charge in [-0.1, -0.05) is 24.3 Å². The molecule has 2 amide bonds. The van der Waals surface area contributed by atoms with Crippen LogP contribution in [0, 0.1) is 0 Å². The van der Waals surface area contributed by atoms with Crippen molar-refractivity contribution in [3.8, 4) is 11.3 Å². The third-order valence-corrected chi connectivity index (χ3v) is 6.85. The van der Waals surface area contributed by atoms with Crippen molar-refractivity contribution < 1.29 is 14.0 Å². The molecule has 2 aliphatic heterocycles. The lowest BCUT2D eigenvalue weighted by Gasteiger charge is -2.34. The molecule has 0 bridgehead atoms. The number of carbonyl (C=O) groups is 2. The zero-order valence-electron chi connectivity index (χ0n) is 20.0. The first-order valence-corrected chi connectivity index (χ1v) is 12.0. The number of hydrogen-bond acceptors (Lipinski definition) is 6. The van der Waals surface area contributed by atoms with E-state index in [-0.39, 0.29) is 0 Å². The minimum atomic E-state index is -0.434. The SMILES string of the molecule is CN1CCN(c2ccc(N/C=C3\C(=O)NC(=O)c4ccc(-c5cc6ccccc6o5)cc43)cc2)CC1. The fourth-order valence-corrected chi connectivity index (χ4v) is 4.73. The van der Waals surface area contributed by atoms with Gasteiger partial charge in [0.15, 0.2) is 0 Å². The lowest BCUT2D eigenvalue weighted by Crippen LogP contribution is -2.44. The van der Waals surface area contributed by atoms with Crippen LogP contribution in [-0.2, 0) is 4.79 Å². The number of hydrogen-bond donors (Lipinski definition) is 2. The Labute approximate surface area is 209 Å². The molecule has 1 aromatic heterocycles. The van der Waals surface area contributed by atoms with Crippen molar-refractivity contribution in [2.45, 2.75) is 0 Å². The summed E-state index contributed by atoms with van der Waals surface area (Å²) in [4.78, 5) is 30.0. The van der Waals surface area contributed by atoms with Crippen LogP contribution in [-0.4, -0.2) is 49.9 Å². The number of nitrogens with one attached hydrogen (secondary N) is 2. The second-order valence-corrected chi connectivity index (χ2v) is 9.23. The fourth-order valence-electron chi connectivity index (χ4n) is 4.73. The van der Waals surface area contributed by atoms with Gasteiger partial charge < -0.3 is 19.5 Å². The van der Waals surface area contributed by atoms with Gasteiger partial charge in [0.05, 0.1) is 5.57 Å². The topological polar surface area (TPSA) is 77.8 Å². The fraction of sp³-hybridized carbons (Fsp3) is 0.172. The van der Waals surface area contributed by atoms with Crippen LogP contribution in [0.1, 0.15) is 15.9 Å². The molecule has 36 heavy (non-hydrogen) atoms. The Morgan fingerprint density at radius 3 is 2.42 bits per heavy atom. The Balaban J connectivity index is 1.28. The van der Waals surface area contributed by atoms with Crippen molar-refractivity contribution in [1.82, 2.24) is 10.2 Å². The Morgan fingerprint density at radius 2 is 1.64 bits per heavy atom. The van der Waals surface area contributed by atoms with Crippen LogP contribution in [0.5, 0.6) is 0 Å². The number of furan rings is 1. The molecule has 0 unspecified atom stereocenters. The number of rotatable bonds is 4.